The molecule has 4 nitrogen and oxygen atoms in total. The molecule has 0 spiro atoms. The van der Waals surface area contributed by atoms with Crippen LogP contribution >= 0.6 is 0 Å². The number of ketones is 1. The maximum Gasteiger partial charge on any atom is 0.250 e. The molecular weight excluding hydrogens is 312 g/mol. The average molecular weight is 338 g/mol. The zero-order chi connectivity index (χ0) is 17.6. The molecule has 1 aliphatic carbocycles. The van der Waals surface area contributed by atoms with E-state index >= 15 is 0 Å². The zero-order valence-corrected chi connectivity index (χ0v) is 15.1. The lowest BCUT2D eigenvalue weighted by molar-refractivity contribution is -0.126. The van der Waals surface area contributed by atoms with Gasteiger partial charge in [0.25, 0.3) is 5.56 Å². The number of benzene rings is 1. The highest BCUT2D eigenvalue weighted by atomic mass is 16.1. The van der Waals surface area contributed by atoms with Crippen molar-refractivity contribution in [3.8, 4) is 0 Å². The molecule has 1 atom stereocenters. The van der Waals surface area contributed by atoms with Crippen molar-refractivity contribution in [1.29, 1.82) is 0 Å². The Morgan fingerprint density at radius 1 is 1.24 bits per heavy atom. The Hall–Kier alpha value is -1.94. The van der Waals surface area contributed by atoms with Crippen LogP contribution in [0.3, 0.4) is 0 Å². The topological polar surface area (TPSA) is 42.3 Å². The molecule has 2 aliphatic rings. The molecule has 4 rings (SSSR count). The van der Waals surface area contributed by atoms with Crippen molar-refractivity contribution in [2.45, 2.75) is 39.2 Å². The maximum absolute atomic E-state index is 12.3. The summed E-state index contributed by atoms with van der Waals surface area (Å²) in [6.45, 7) is 4.49. The van der Waals surface area contributed by atoms with E-state index in [4.69, 9.17) is 0 Å². The highest BCUT2D eigenvalue weighted by Gasteiger charge is 2.45. The van der Waals surface area contributed by atoms with E-state index in [0.717, 1.165) is 49.3 Å². The fraction of sp³-hybridized carbons (Fsp3) is 0.524. The largest absolute Gasteiger partial charge is 0.311 e. The van der Waals surface area contributed by atoms with Crippen LogP contribution in [0.15, 0.2) is 35.1 Å². The number of aryl methyl sites for hydroxylation is 1. The second kappa shape index (κ2) is 6.10. The normalized spacial score (nSPS) is 24.1. The third-order valence-electron chi connectivity index (χ3n) is 6.15. The lowest BCUT2D eigenvalue weighted by Crippen LogP contribution is -2.33. The van der Waals surface area contributed by atoms with Crippen LogP contribution in [0.25, 0.3) is 10.9 Å². The van der Waals surface area contributed by atoms with Gasteiger partial charge in [0.1, 0.15) is 5.78 Å². The van der Waals surface area contributed by atoms with Crippen molar-refractivity contribution in [2.75, 3.05) is 13.1 Å². The number of hydrogen-bond acceptors (Lipinski definition) is 3. The van der Waals surface area contributed by atoms with Crippen LogP contribution in [0.4, 0.5) is 0 Å². The Labute approximate surface area is 148 Å². The molecule has 25 heavy (non-hydrogen) atoms. The second-order valence-electron chi connectivity index (χ2n) is 8.07. The predicted octanol–water partition coefficient (Wildman–Crippen LogP) is 3.12. The fourth-order valence-corrected chi connectivity index (χ4v) is 4.33. The van der Waals surface area contributed by atoms with Gasteiger partial charge in [0.2, 0.25) is 0 Å². The minimum absolute atomic E-state index is 0.0193. The van der Waals surface area contributed by atoms with E-state index in [1.807, 2.05) is 13.1 Å². The van der Waals surface area contributed by atoms with Crippen LogP contribution < -0.4 is 5.56 Å². The number of pyridine rings is 1. The number of fused-ring (bicyclic) bond motifs is 1. The van der Waals surface area contributed by atoms with E-state index < -0.39 is 0 Å². The molecule has 0 N–H and O–H groups in total. The summed E-state index contributed by atoms with van der Waals surface area (Å²) >= 11 is 0. The van der Waals surface area contributed by atoms with Crippen LogP contribution in [0.5, 0.6) is 0 Å². The van der Waals surface area contributed by atoms with Crippen molar-refractivity contribution in [3.05, 3.63) is 46.2 Å². The Morgan fingerprint density at radius 2 is 2.00 bits per heavy atom. The SMILES string of the molecule is CC(=O)C1(CC2CC2)CCN(Cc2ccc3ccc(=O)n(C)c3c2)C1. The van der Waals surface area contributed by atoms with Crippen LogP contribution in [-0.4, -0.2) is 28.3 Å². The molecule has 0 radical (unpaired) electrons. The first-order chi connectivity index (χ1) is 12.0. The molecule has 1 aromatic heterocycles. The first-order valence-corrected chi connectivity index (χ1v) is 9.29. The van der Waals surface area contributed by atoms with Crippen molar-refractivity contribution >= 4 is 16.7 Å². The summed E-state index contributed by atoms with van der Waals surface area (Å²) in [7, 11) is 1.82. The van der Waals surface area contributed by atoms with Gasteiger partial charge in [-0.25, -0.2) is 0 Å². The molecule has 2 heterocycles. The van der Waals surface area contributed by atoms with Gasteiger partial charge in [-0.15, -0.1) is 0 Å². The molecule has 1 saturated carbocycles. The number of hydrogen-bond donors (Lipinski definition) is 0. The van der Waals surface area contributed by atoms with E-state index in [-0.39, 0.29) is 11.0 Å². The second-order valence-corrected chi connectivity index (χ2v) is 8.07. The van der Waals surface area contributed by atoms with Crippen molar-refractivity contribution in [3.63, 3.8) is 0 Å². The molecule has 1 unspecified atom stereocenters. The minimum Gasteiger partial charge on any atom is -0.311 e. The lowest BCUT2D eigenvalue weighted by Gasteiger charge is -2.27. The Morgan fingerprint density at radius 3 is 2.72 bits per heavy atom. The number of likely N-dealkylation sites (tertiary alicyclic amines) is 1. The predicted molar refractivity (Wildman–Crippen MR) is 99.5 cm³/mol. The Bertz CT molecular complexity index is 881. The molecule has 1 aromatic carbocycles. The van der Waals surface area contributed by atoms with E-state index in [2.05, 4.69) is 23.1 Å². The van der Waals surface area contributed by atoms with Gasteiger partial charge in [-0.05, 0) is 55.3 Å². The summed E-state index contributed by atoms with van der Waals surface area (Å²) in [6.07, 6.45) is 4.66. The number of rotatable bonds is 5. The Kier molecular flexibility index (Phi) is 4.03. The minimum atomic E-state index is -0.120. The van der Waals surface area contributed by atoms with E-state index in [1.54, 1.807) is 17.6 Å². The quantitative estimate of drug-likeness (QED) is 0.841. The van der Waals surface area contributed by atoms with Crippen molar-refractivity contribution in [2.24, 2.45) is 18.4 Å². The van der Waals surface area contributed by atoms with E-state index in [1.165, 1.54) is 18.4 Å². The average Bonchev–Trinajstić information content (AvgIpc) is 3.30. The smallest absolute Gasteiger partial charge is 0.250 e. The van der Waals surface area contributed by atoms with E-state index in [9.17, 15) is 9.59 Å². The summed E-state index contributed by atoms with van der Waals surface area (Å²) in [5, 5.41) is 1.08. The number of Topliss-reactive ketones (excluding diaryl/α,β-unsaturated/α-hetero) is 1. The molecule has 0 amide bonds. The molecule has 2 aromatic rings. The highest BCUT2D eigenvalue weighted by Crippen LogP contribution is 2.45. The number of nitrogens with zero attached hydrogens (tertiary/aromatic N) is 2. The summed E-state index contributed by atoms with van der Waals surface area (Å²) in [4.78, 5) is 26.6. The van der Waals surface area contributed by atoms with Crippen LogP contribution in [0, 0.1) is 11.3 Å². The summed E-state index contributed by atoms with van der Waals surface area (Å²) < 4.78 is 1.70. The lowest BCUT2D eigenvalue weighted by atomic mass is 9.78. The summed E-state index contributed by atoms with van der Waals surface area (Å²) in [6, 6.07) is 9.84. The fourth-order valence-electron chi connectivity index (χ4n) is 4.33. The summed E-state index contributed by atoms with van der Waals surface area (Å²) in [5.41, 5.74) is 2.08. The third kappa shape index (κ3) is 3.15. The van der Waals surface area contributed by atoms with E-state index in [0.29, 0.717) is 5.78 Å². The number of carbonyl (C=O) groups is 1. The zero-order valence-electron chi connectivity index (χ0n) is 15.1. The maximum atomic E-state index is 12.3. The van der Waals surface area contributed by atoms with Gasteiger partial charge < -0.3 is 4.57 Å². The number of carbonyl (C=O) groups excluding carboxylic acids is 1. The van der Waals surface area contributed by atoms with Gasteiger partial charge in [0.05, 0.1) is 5.52 Å². The molecule has 0 bridgehead atoms. The Balaban J connectivity index is 1.54. The van der Waals surface area contributed by atoms with Crippen LogP contribution in [0.2, 0.25) is 0 Å². The third-order valence-corrected chi connectivity index (χ3v) is 6.15. The number of aromatic nitrogens is 1. The monoisotopic (exact) mass is 338 g/mol. The molecule has 2 fully saturated rings. The van der Waals surface area contributed by atoms with Gasteiger partial charge in [-0.2, -0.15) is 0 Å². The standard InChI is InChI=1S/C21H26N2O2/c1-15(24)21(12-16-3-4-16)9-10-23(14-21)13-17-5-6-18-7-8-20(25)22(2)19(18)11-17/h5-8,11,16H,3-4,9-10,12-14H2,1-2H3. The molecule has 1 aliphatic heterocycles. The van der Waals surface area contributed by atoms with Gasteiger partial charge in [-0.3, -0.25) is 14.5 Å². The van der Waals surface area contributed by atoms with Gasteiger partial charge in [-0.1, -0.05) is 25.0 Å². The van der Waals surface area contributed by atoms with Gasteiger partial charge >= 0.3 is 0 Å². The first kappa shape index (κ1) is 16.5. The molecule has 132 valence electrons. The first-order valence-electron chi connectivity index (χ1n) is 9.29. The highest BCUT2D eigenvalue weighted by molar-refractivity contribution is 5.83. The van der Waals surface area contributed by atoms with Gasteiger partial charge in [0, 0.05) is 31.6 Å². The molecular formula is C21H26N2O2. The van der Waals surface area contributed by atoms with Crippen molar-refractivity contribution < 1.29 is 4.79 Å². The van der Waals surface area contributed by atoms with Gasteiger partial charge in [0.15, 0.2) is 0 Å². The van der Waals surface area contributed by atoms with Crippen LogP contribution in [-0.2, 0) is 18.4 Å². The molecule has 4 heteroatoms. The summed E-state index contributed by atoms with van der Waals surface area (Å²) in [5.74, 6) is 1.14. The van der Waals surface area contributed by atoms with Crippen molar-refractivity contribution in [1.82, 2.24) is 9.47 Å². The van der Waals surface area contributed by atoms with Crippen LogP contribution in [0.1, 0.15) is 38.2 Å². The molecule has 1 saturated heterocycles.